The molecule has 3 saturated carbocycles. The van der Waals surface area contributed by atoms with Gasteiger partial charge in [-0.1, -0.05) is 33.6 Å². The standard InChI is InChI=1S/C20H28O2/c1-4-5-6-7-12-8-15(21)19-16(9-12)22-17-11-13-10-14(18(17)19)20(13,2)3/h8-9,13-14,17-18,21H,4-7,10-11H2,1-3H3/t13-,14+,17-,18+/m1/s1. The second-order valence-corrected chi connectivity index (χ2v) is 8.26. The van der Waals surface area contributed by atoms with Gasteiger partial charge < -0.3 is 9.84 Å². The van der Waals surface area contributed by atoms with E-state index in [-0.39, 0.29) is 0 Å². The topological polar surface area (TPSA) is 29.5 Å². The number of unbranched alkanes of at least 4 members (excludes halogenated alkanes) is 2. The zero-order valence-electron chi connectivity index (χ0n) is 14.1. The zero-order chi connectivity index (χ0) is 15.5. The fourth-order valence-electron chi connectivity index (χ4n) is 5.25. The van der Waals surface area contributed by atoms with Crippen LogP contribution in [0.4, 0.5) is 0 Å². The van der Waals surface area contributed by atoms with Crippen molar-refractivity contribution in [2.75, 3.05) is 0 Å². The Morgan fingerprint density at radius 3 is 2.77 bits per heavy atom. The maximum absolute atomic E-state index is 10.6. The Bertz CT molecular complexity index is 590. The Hall–Kier alpha value is -1.18. The van der Waals surface area contributed by atoms with Crippen LogP contribution < -0.4 is 4.74 Å². The minimum Gasteiger partial charge on any atom is -0.508 e. The van der Waals surface area contributed by atoms with Gasteiger partial charge in [0.05, 0.1) is 0 Å². The zero-order valence-corrected chi connectivity index (χ0v) is 14.1. The minimum atomic E-state index is 0.309. The first-order valence-corrected chi connectivity index (χ1v) is 9.04. The van der Waals surface area contributed by atoms with Crippen molar-refractivity contribution in [2.45, 2.75) is 71.3 Å². The monoisotopic (exact) mass is 300 g/mol. The minimum absolute atomic E-state index is 0.309. The smallest absolute Gasteiger partial charge is 0.127 e. The van der Waals surface area contributed by atoms with Crippen LogP contribution >= 0.6 is 0 Å². The lowest BCUT2D eigenvalue weighted by molar-refractivity contribution is -0.116. The number of benzene rings is 1. The average molecular weight is 300 g/mol. The number of phenols is 1. The Balaban J connectivity index is 1.63. The average Bonchev–Trinajstić information content (AvgIpc) is 2.85. The van der Waals surface area contributed by atoms with E-state index in [1.54, 1.807) is 0 Å². The number of fused-ring (bicyclic) bond motifs is 1. The second-order valence-electron chi connectivity index (χ2n) is 8.26. The quantitative estimate of drug-likeness (QED) is 0.790. The van der Waals surface area contributed by atoms with Crippen molar-refractivity contribution in [1.29, 1.82) is 0 Å². The SMILES string of the molecule is CCCCCc1cc(O)c2c(c1)O[C@@H]1C[C@H]3C[C@@H]([C@H]21)C3(C)C. The first-order chi connectivity index (χ1) is 10.5. The molecule has 22 heavy (non-hydrogen) atoms. The third-order valence-electron chi connectivity index (χ3n) is 6.76. The molecule has 0 radical (unpaired) electrons. The highest BCUT2D eigenvalue weighted by Gasteiger charge is 2.61. The van der Waals surface area contributed by atoms with Gasteiger partial charge in [-0.2, -0.15) is 0 Å². The van der Waals surface area contributed by atoms with Crippen molar-refractivity contribution in [3.05, 3.63) is 23.3 Å². The molecule has 0 spiro atoms. The lowest BCUT2D eigenvalue weighted by atomic mass is 9.44. The van der Waals surface area contributed by atoms with Gasteiger partial charge in [-0.15, -0.1) is 0 Å². The molecule has 0 saturated heterocycles. The van der Waals surface area contributed by atoms with Gasteiger partial charge in [0.15, 0.2) is 0 Å². The van der Waals surface area contributed by atoms with Crippen LogP contribution in [-0.2, 0) is 6.42 Å². The lowest BCUT2D eigenvalue weighted by Gasteiger charge is -2.60. The van der Waals surface area contributed by atoms with Crippen LogP contribution in [-0.4, -0.2) is 11.2 Å². The molecule has 2 nitrogen and oxygen atoms in total. The summed E-state index contributed by atoms with van der Waals surface area (Å²) in [6.45, 7) is 7.02. The molecule has 3 aliphatic carbocycles. The maximum atomic E-state index is 10.6. The summed E-state index contributed by atoms with van der Waals surface area (Å²) >= 11 is 0. The Kier molecular flexibility index (Phi) is 3.22. The van der Waals surface area contributed by atoms with Crippen LogP contribution in [0.2, 0.25) is 0 Å². The molecule has 2 bridgehead atoms. The molecule has 0 unspecified atom stereocenters. The third-order valence-corrected chi connectivity index (χ3v) is 6.76. The predicted octanol–water partition coefficient (Wildman–Crippen LogP) is 5.04. The van der Waals surface area contributed by atoms with Crippen molar-refractivity contribution in [3.8, 4) is 11.5 Å². The number of aryl methyl sites for hydroxylation is 1. The maximum Gasteiger partial charge on any atom is 0.127 e. The molecule has 0 amide bonds. The van der Waals surface area contributed by atoms with Crippen LogP contribution in [0.15, 0.2) is 12.1 Å². The number of ether oxygens (including phenoxy) is 1. The van der Waals surface area contributed by atoms with Crippen molar-refractivity contribution in [2.24, 2.45) is 17.3 Å². The van der Waals surface area contributed by atoms with E-state index < -0.39 is 0 Å². The Labute approximate surface area is 133 Å². The van der Waals surface area contributed by atoms with E-state index >= 15 is 0 Å². The highest BCUT2D eigenvalue weighted by Crippen LogP contribution is 2.68. The molecular weight excluding hydrogens is 272 g/mol. The second kappa shape index (κ2) is 4.91. The fraction of sp³-hybridized carbons (Fsp3) is 0.700. The van der Waals surface area contributed by atoms with Gasteiger partial charge in [-0.3, -0.25) is 0 Å². The first-order valence-electron chi connectivity index (χ1n) is 9.04. The van der Waals surface area contributed by atoms with E-state index in [9.17, 15) is 5.11 Å². The normalized spacial score (nSPS) is 33.6. The molecular formula is C20H28O2. The molecule has 1 N–H and O–H groups in total. The lowest BCUT2D eigenvalue weighted by Crippen LogP contribution is -2.56. The number of phenolic OH excluding ortho intramolecular Hbond substituents is 1. The van der Waals surface area contributed by atoms with Gasteiger partial charge in [-0.25, -0.2) is 0 Å². The first kappa shape index (κ1) is 14.4. The van der Waals surface area contributed by atoms with E-state index in [0.29, 0.717) is 29.1 Å². The number of aromatic hydroxyl groups is 1. The Morgan fingerprint density at radius 2 is 2.05 bits per heavy atom. The van der Waals surface area contributed by atoms with E-state index in [1.807, 2.05) is 6.07 Å². The highest BCUT2D eigenvalue weighted by atomic mass is 16.5. The molecule has 3 fully saturated rings. The van der Waals surface area contributed by atoms with Crippen LogP contribution in [0, 0.1) is 17.3 Å². The summed E-state index contributed by atoms with van der Waals surface area (Å²) in [7, 11) is 0. The molecule has 120 valence electrons. The number of hydrogen-bond donors (Lipinski definition) is 1. The van der Waals surface area contributed by atoms with Crippen LogP contribution in [0.3, 0.4) is 0 Å². The number of hydrogen-bond acceptors (Lipinski definition) is 2. The van der Waals surface area contributed by atoms with E-state index in [1.165, 1.54) is 31.2 Å². The molecule has 4 atom stereocenters. The summed E-state index contributed by atoms with van der Waals surface area (Å²) in [5.41, 5.74) is 2.76. The molecule has 2 heteroatoms. The van der Waals surface area contributed by atoms with Crippen molar-refractivity contribution in [1.82, 2.24) is 0 Å². The van der Waals surface area contributed by atoms with Crippen molar-refractivity contribution < 1.29 is 9.84 Å². The molecule has 0 aromatic heterocycles. The van der Waals surface area contributed by atoms with Gasteiger partial charge >= 0.3 is 0 Å². The third kappa shape index (κ3) is 1.92. The van der Waals surface area contributed by atoms with Crippen LogP contribution in [0.5, 0.6) is 11.5 Å². The summed E-state index contributed by atoms with van der Waals surface area (Å²) in [5.74, 6) is 3.36. The van der Waals surface area contributed by atoms with Gasteiger partial charge in [-0.05, 0) is 60.6 Å². The molecule has 1 aliphatic heterocycles. The molecule has 1 heterocycles. The van der Waals surface area contributed by atoms with E-state index in [0.717, 1.165) is 30.1 Å². The van der Waals surface area contributed by atoms with Gasteiger partial charge in [0.25, 0.3) is 0 Å². The van der Waals surface area contributed by atoms with Gasteiger partial charge in [0.1, 0.15) is 17.6 Å². The summed E-state index contributed by atoms with van der Waals surface area (Å²) < 4.78 is 6.27. The van der Waals surface area contributed by atoms with Crippen LogP contribution in [0.25, 0.3) is 0 Å². The summed E-state index contributed by atoms with van der Waals surface area (Å²) in [4.78, 5) is 0. The van der Waals surface area contributed by atoms with Gasteiger partial charge in [0.2, 0.25) is 0 Å². The summed E-state index contributed by atoms with van der Waals surface area (Å²) in [6.07, 6.45) is 7.51. The summed E-state index contributed by atoms with van der Waals surface area (Å²) in [6, 6.07) is 4.20. The number of rotatable bonds is 4. The summed E-state index contributed by atoms with van der Waals surface area (Å²) in [5, 5.41) is 10.6. The fourth-order valence-corrected chi connectivity index (χ4v) is 5.25. The molecule has 1 aromatic carbocycles. The van der Waals surface area contributed by atoms with Crippen LogP contribution in [0.1, 0.15) is 69.9 Å². The molecule has 4 aliphatic rings. The molecule has 1 aromatic rings. The largest absolute Gasteiger partial charge is 0.508 e. The van der Waals surface area contributed by atoms with Gasteiger partial charge in [0, 0.05) is 11.5 Å². The van der Waals surface area contributed by atoms with E-state index in [2.05, 4.69) is 26.8 Å². The highest BCUT2D eigenvalue weighted by molar-refractivity contribution is 5.54. The predicted molar refractivity (Wildman–Crippen MR) is 88.5 cm³/mol. The van der Waals surface area contributed by atoms with E-state index in [4.69, 9.17) is 4.74 Å². The Morgan fingerprint density at radius 1 is 1.23 bits per heavy atom. The van der Waals surface area contributed by atoms with Crippen molar-refractivity contribution in [3.63, 3.8) is 0 Å². The van der Waals surface area contributed by atoms with Crippen molar-refractivity contribution >= 4 is 0 Å². The molecule has 5 rings (SSSR count).